The first-order valence-electron chi connectivity index (χ1n) is 9.58. The summed E-state index contributed by atoms with van der Waals surface area (Å²) in [6.07, 6.45) is -3.39. The van der Waals surface area contributed by atoms with Crippen LogP contribution in [0.15, 0.2) is 53.4 Å². The van der Waals surface area contributed by atoms with Crippen molar-refractivity contribution in [2.75, 3.05) is 13.1 Å². The van der Waals surface area contributed by atoms with Crippen molar-refractivity contribution in [3.63, 3.8) is 0 Å². The van der Waals surface area contributed by atoms with Gasteiger partial charge < -0.3 is 5.32 Å². The molecule has 162 valence electrons. The number of benzene rings is 2. The van der Waals surface area contributed by atoms with Crippen molar-refractivity contribution in [2.45, 2.75) is 37.4 Å². The van der Waals surface area contributed by atoms with Gasteiger partial charge in [-0.2, -0.15) is 17.5 Å². The molecule has 0 radical (unpaired) electrons. The smallest absolute Gasteiger partial charge is 0.352 e. The maximum Gasteiger partial charge on any atom is 0.416 e. The van der Waals surface area contributed by atoms with Crippen LogP contribution < -0.4 is 5.32 Å². The minimum Gasteiger partial charge on any atom is -0.352 e. The Bertz CT molecular complexity index is 1000. The van der Waals surface area contributed by atoms with E-state index in [0.717, 1.165) is 17.7 Å². The highest BCUT2D eigenvalue weighted by atomic mass is 32.2. The lowest BCUT2D eigenvalue weighted by atomic mass is 9.98. The van der Waals surface area contributed by atoms with Crippen molar-refractivity contribution < 1.29 is 26.4 Å². The fourth-order valence-corrected chi connectivity index (χ4v) is 4.95. The van der Waals surface area contributed by atoms with E-state index < -0.39 is 27.7 Å². The molecule has 0 unspecified atom stereocenters. The van der Waals surface area contributed by atoms with Gasteiger partial charge in [-0.05, 0) is 49.6 Å². The Kier molecular flexibility index (Phi) is 6.52. The van der Waals surface area contributed by atoms with Gasteiger partial charge in [0.1, 0.15) is 0 Å². The monoisotopic (exact) mass is 440 g/mol. The highest BCUT2D eigenvalue weighted by Crippen LogP contribution is 2.29. The average molecular weight is 440 g/mol. The van der Waals surface area contributed by atoms with Gasteiger partial charge in [-0.25, -0.2) is 8.42 Å². The molecule has 1 heterocycles. The van der Waals surface area contributed by atoms with E-state index in [4.69, 9.17) is 0 Å². The Labute approximate surface area is 173 Å². The molecular formula is C21H23F3N2O3S. The number of halogens is 3. The predicted molar refractivity (Wildman–Crippen MR) is 106 cm³/mol. The zero-order valence-corrected chi connectivity index (χ0v) is 17.3. The molecule has 0 spiro atoms. The third-order valence-corrected chi connectivity index (χ3v) is 7.01. The molecule has 9 heteroatoms. The van der Waals surface area contributed by atoms with Crippen molar-refractivity contribution in [1.82, 2.24) is 9.62 Å². The predicted octanol–water partition coefficient (Wildman–Crippen LogP) is 3.73. The number of rotatable bonds is 5. The van der Waals surface area contributed by atoms with Gasteiger partial charge in [0.05, 0.1) is 16.4 Å². The van der Waals surface area contributed by atoms with Crippen LogP contribution in [0.4, 0.5) is 13.2 Å². The van der Waals surface area contributed by atoms with Gasteiger partial charge in [0.25, 0.3) is 0 Å². The second-order valence-electron chi connectivity index (χ2n) is 7.43. The second-order valence-corrected chi connectivity index (χ2v) is 9.37. The number of nitrogens with zero attached hydrogens (tertiary/aromatic N) is 1. The highest BCUT2D eigenvalue weighted by Gasteiger charge is 2.33. The molecule has 1 saturated heterocycles. The molecule has 1 aliphatic rings. The number of nitrogens with one attached hydrogen (secondary N) is 1. The lowest BCUT2D eigenvalue weighted by molar-refractivity contribution is -0.137. The van der Waals surface area contributed by atoms with Crippen LogP contribution in [0.1, 0.15) is 29.5 Å². The van der Waals surface area contributed by atoms with Gasteiger partial charge >= 0.3 is 6.18 Å². The van der Waals surface area contributed by atoms with E-state index in [1.54, 1.807) is 24.3 Å². The SMILES string of the molecule is Cc1ccc(S(=O)(=O)N2CCC[C@@H](C(=O)NCc3cccc(C(F)(F)F)c3)C2)cc1. The number of hydrogen-bond acceptors (Lipinski definition) is 3. The number of carbonyl (C=O) groups is 1. The molecule has 1 N–H and O–H groups in total. The topological polar surface area (TPSA) is 66.5 Å². The number of hydrogen-bond donors (Lipinski definition) is 1. The molecule has 1 amide bonds. The molecule has 5 nitrogen and oxygen atoms in total. The Hall–Kier alpha value is -2.39. The lowest BCUT2D eigenvalue weighted by Crippen LogP contribution is -2.45. The highest BCUT2D eigenvalue weighted by molar-refractivity contribution is 7.89. The third-order valence-electron chi connectivity index (χ3n) is 5.13. The molecule has 1 atom stereocenters. The van der Waals surface area contributed by atoms with Crippen LogP contribution in [0, 0.1) is 12.8 Å². The second kappa shape index (κ2) is 8.77. The molecule has 2 aromatic rings. The van der Waals surface area contributed by atoms with Crippen LogP contribution in [-0.2, 0) is 27.5 Å². The first-order chi connectivity index (χ1) is 14.1. The molecule has 1 aliphatic heterocycles. The molecule has 0 bridgehead atoms. The van der Waals surface area contributed by atoms with E-state index in [1.807, 2.05) is 6.92 Å². The Morgan fingerprint density at radius 3 is 2.53 bits per heavy atom. The zero-order chi connectivity index (χ0) is 21.9. The van der Waals surface area contributed by atoms with Crippen LogP contribution in [-0.4, -0.2) is 31.7 Å². The van der Waals surface area contributed by atoms with Crippen LogP contribution in [0.3, 0.4) is 0 Å². The van der Waals surface area contributed by atoms with E-state index in [2.05, 4.69) is 5.32 Å². The molecule has 0 aliphatic carbocycles. The minimum atomic E-state index is -4.45. The summed E-state index contributed by atoms with van der Waals surface area (Å²) in [6.45, 7) is 2.18. The summed E-state index contributed by atoms with van der Waals surface area (Å²) in [6, 6.07) is 11.3. The Balaban J connectivity index is 1.64. The number of sulfonamides is 1. The molecule has 0 aromatic heterocycles. The average Bonchev–Trinajstić information content (AvgIpc) is 2.72. The largest absolute Gasteiger partial charge is 0.416 e. The van der Waals surface area contributed by atoms with Crippen molar-refractivity contribution in [3.05, 3.63) is 65.2 Å². The van der Waals surface area contributed by atoms with Crippen molar-refractivity contribution in [2.24, 2.45) is 5.92 Å². The number of amides is 1. The van der Waals surface area contributed by atoms with Crippen molar-refractivity contribution in [3.8, 4) is 0 Å². The summed E-state index contributed by atoms with van der Waals surface area (Å²) < 4.78 is 65.5. The number of piperidine rings is 1. The van der Waals surface area contributed by atoms with E-state index in [0.29, 0.717) is 24.9 Å². The fraction of sp³-hybridized carbons (Fsp3) is 0.381. The summed E-state index contributed by atoms with van der Waals surface area (Å²) in [4.78, 5) is 12.7. The summed E-state index contributed by atoms with van der Waals surface area (Å²) in [5.41, 5.74) is 0.500. The summed E-state index contributed by atoms with van der Waals surface area (Å²) in [5.74, 6) is -0.916. The number of aryl methyl sites for hydroxylation is 1. The standard InChI is InChI=1S/C21H23F3N2O3S/c1-15-7-9-19(10-8-15)30(28,29)26-11-3-5-17(14-26)20(27)25-13-16-4-2-6-18(12-16)21(22,23)24/h2,4,6-10,12,17H,3,5,11,13-14H2,1H3,(H,25,27)/t17-/m1/s1. The maximum atomic E-state index is 12.9. The fourth-order valence-electron chi connectivity index (χ4n) is 3.43. The van der Waals surface area contributed by atoms with Gasteiger partial charge in [0.2, 0.25) is 15.9 Å². The Morgan fingerprint density at radius 1 is 1.17 bits per heavy atom. The third kappa shape index (κ3) is 5.20. The number of carbonyl (C=O) groups excluding carboxylic acids is 1. The normalized spacial score (nSPS) is 18.2. The van der Waals surface area contributed by atoms with Crippen LogP contribution in [0.25, 0.3) is 0 Å². The van der Waals surface area contributed by atoms with Crippen molar-refractivity contribution in [1.29, 1.82) is 0 Å². The summed E-state index contributed by atoms with van der Waals surface area (Å²) >= 11 is 0. The van der Waals surface area contributed by atoms with Gasteiger partial charge in [-0.3, -0.25) is 4.79 Å². The van der Waals surface area contributed by atoms with E-state index in [1.165, 1.54) is 16.4 Å². The van der Waals surface area contributed by atoms with Crippen LogP contribution >= 0.6 is 0 Å². The zero-order valence-electron chi connectivity index (χ0n) is 16.4. The molecule has 2 aromatic carbocycles. The molecule has 30 heavy (non-hydrogen) atoms. The minimum absolute atomic E-state index is 0.0463. The first kappa shape index (κ1) is 22.3. The first-order valence-corrected chi connectivity index (χ1v) is 11.0. The summed E-state index contributed by atoms with van der Waals surface area (Å²) in [5, 5.41) is 2.64. The van der Waals surface area contributed by atoms with Gasteiger partial charge in [0, 0.05) is 19.6 Å². The summed E-state index contributed by atoms with van der Waals surface area (Å²) in [7, 11) is -3.71. The Morgan fingerprint density at radius 2 is 1.87 bits per heavy atom. The molecule has 3 rings (SSSR count). The van der Waals surface area contributed by atoms with Crippen LogP contribution in [0.2, 0.25) is 0 Å². The van der Waals surface area contributed by atoms with E-state index >= 15 is 0 Å². The van der Waals surface area contributed by atoms with Crippen molar-refractivity contribution >= 4 is 15.9 Å². The van der Waals surface area contributed by atoms with Crippen LogP contribution in [0.5, 0.6) is 0 Å². The van der Waals surface area contributed by atoms with E-state index in [9.17, 15) is 26.4 Å². The maximum absolute atomic E-state index is 12.9. The quantitative estimate of drug-likeness (QED) is 0.771. The molecular weight excluding hydrogens is 417 g/mol. The number of alkyl halides is 3. The van der Waals surface area contributed by atoms with Gasteiger partial charge in [-0.1, -0.05) is 29.8 Å². The van der Waals surface area contributed by atoms with E-state index in [-0.39, 0.29) is 23.9 Å². The lowest BCUT2D eigenvalue weighted by Gasteiger charge is -2.31. The van der Waals surface area contributed by atoms with Gasteiger partial charge in [-0.15, -0.1) is 0 Å². The van der Waals surface area contributed by atoms with Gasteiger partial charge in [0.15, 0.2) is 0 Å². The molecule has 0 saturated carbocycles. The molecule has 1 fully saturated rings.